The highest BCUT2D eigenvalue weighted by molar-refractivity contribution is 5.25. The summed E-state index contributed by atoms with van der Waals surface area (Å²) in [6.45, 7) is 1.24. The maximum Gasteiger partial charge on any atom is 0.416 e. The molecular weight excluding hydrogens is 257 g/mol. The highest BCUT2D eigenvalue weighted by Gasteiger charge is 2.33. The summed E-state index contributed by atoms with van der Waals surface area (Å²) in [5, 5.41) is 9.55. The third-order valence-corrected chi connectivity index (χ3v) is 3.75. The van der Waals surface area contributed by atoms with Crippen LogP contribution in [-0.2, 0) is 17.3 Å². The highest BCUT2D eigenvalue weighted by Crippen LogP contribution is 2.35. The molecule has 0 saturated carbocycles. The van der Waals surface area contributed by atoms with Gasteiger partial charge in [-0.25, -0.2) is 0 Å². The Balaban J connectivity index is 2.10. The van der Waals surface area contributed by atoms with Crippen molar-refractivity contribution in [1.29, 1.82) is 0 Å². The fraction of sp³-hybridized carbons (Fsp3) is 0.571. The number of aliphatic hydroxyl groups is 1. The van der Waals surface area contributed by atoms with Crippen molar-refractivity contribution in [2.45, 2.75) is 25.4 Å². The number of hydrogen-bond donors (Lipinski definition) is 1. The Morgan fingerprint density at radius 1 is 1.11 bits per heavy atom. The van der Waals surface area contributed by atoms with Crippen molar-refractivity contribution < 1.29 is 23.0 Å². The average molecular weight is 274 g/mol. The highest BCUT2D eigenvalue weighted by atomic mass is 19.4. The van der Waals surface area contributed by atoms with E-state index in [1.54, 1.807) is 0 Å². The van der Waals surface area contributed by atoms with Crippen molar-refractivity contribution in [2.24, 2.45) is 5.41 Å². The maximum atomic E-state index is 12.5. The second kappa shape index (κ2) is 5.51. The van der Waals surface area contributed by atoms with Crippen molar-refractivity contribution in [3.8, 4) is 0 Å². The molecule has 5 heteroatoms. The molecule has 1 aromatic carbocycles. The molecule has 1 aliphatic heterocycles. The van der Waals surface area contributed by atoms with Crippen molar-refractivity contribution in [1.82, 2.24) is 0 Å². The quantitative estimate of drug-likeness (QED) is 0.918. The molecule has 106 valence electrons. The van der Waals surface area contributed by atoms with E-state index in [4.69, 9.17) is 4.74 Å². The van der Waals surface area contributed by atoms with Gasteiger partial charge in [0, 0.05) is 25.2 Å². The monoisotopic (exact) mass is 274 g/mol. The molecule has 0 aliphatic carbocycles. The third kappa shape index (κ3) is 3.48. The van der Waals surface area contributed by atoms with Crippen molar-refractivity contribution in [3.63, 3.8) is 0 Å². The number of hydrogen-bond acceptors (Lipinski definition) is 2. The SMILES string of the molecule is OCC1(Cc2ccc(C(F)(F)F)cc2)CCOCC1. The molecule has 1 aromatic rings. The van der Waals surface area contributed by atoms with Gasteiger partial charge in [-0.2, -0.15) is 13.2 Å². The lowest BCUT2D eigenvalue weighted by atomic mass is 9.76. The fourth-order valence-electron chi connectivity index (χ4n) is 2.44. The minimum atomic E-state index is -4.30. The minimum Gasteiger partial charge on any atom is -0.396 e. The molecule has 2 nitrogen and oxygen atoms in total. The van der Waals surface area contributed by atoms with E-state index < -0.39 is 11.7 Å². The predicted molar refractivity (Wildman–Crippen MR) is 64.7 cm³/mol. The van der Waals surface area contributed by atoms with E-state index in [1.807, 2.05) is 0 Å². The molecule has 1 aliphatic rings. The van der Waals surface area contributed by atoms with Gasteiger partial charge in [-0.1, -0.05) is 12.1 Å². The molecule has 0 bridgehead atoms. The summed E-state index contributed by atoms with van der Waals surface area (Å²) >= 11 is 0. The van der Waals surface area contributed by atoms with E-state index in [0.29, 0.717) is 19.6 Å². The molecule has 1 N–H and O–H groups in total. The maximum absolute atomic E-state index is 12.5. The van der Waals surface area contributed by atoms with Crippen LogP contribution >= 0.6 is 0 Å². The van der Waals surface area contributed by atoms with E-state index in [9.17, 15) is 18.3 Å². The van der Waals surface area contributed by atoms with Crippen LogP contribution in [0.2, 0.25) is 0 Å². The molecule has 1 saturated heterocycles. The van der Waals surface area contributed by atoms with Crippen LogP contribution in [-0.4, -0.2) is 24.9 Å². The summed E-state index contributed by atoms with van der Waals surface area (Å²) < 4.78 is 42.7. The van der Waals surface area contributed by atoms with Crippen LogP contribution in [0.1, 0.15) is 24.0 Å². The van der Waals surface area contributed by atoms with Gasteiger partial charge in [0.25, 0.3) is 0 Å². The summed E-state index contributed by atoms with van der Waals surface area (Å²) in [6.07, 6.45) is -2.23. The van der Waals surface area contributed by atoms with Gasteiger partial charge in [0.2, 0.25) is 0 Å². The van der Waals surface area contributed by atoms with E-state index >= 15 is 0 Å². The zero-order valence-electron chi connectivity index (χ0n) is 10.5. The fourth-order valence-corrected chi connectivity index (χ4v) is 2.44. The van der Waals surface area contributed by atoms with Gasteiger partial charge in [0.1, 0.15) is 0 Å². The van der Waals surface area contributed by atoms with Crippen LogP contribution in [0.3, 0.4) is 0 Å². The van der Waals surface area contributed by atoms with Gasteiger partial charge < -0.3 is 9.84 Å². The zero-order valence-corrected chi connectivity index (χ0v) is 10.5. The molecule has 2 rings (SSSR count). The number of alkyl halides is 3. The minimum absolute atomic E-state index is 0.0391. The third-order valence-electron chi connectivity index (χ3n) is 3.75. The predicted octanol–water partition coefficient (Wildman–Crippen LogP) is 3.04. The van der Waals surface area contributed by atoms with Crippen molar-refractivity contribution in [2.75, 3.05) is 19.8 Å². The van der Waals surface area contributed by atoms with Gasteiger partial charge in [-0.05, 0) is 37.0 Å². The molecular formula is C14H17F3O2. The molecule has 1 fully saturated rings. The van der Waals surface area contributed by atoms with Crippen LogP contribution in [0.5, 0.6) is 0 Å². The van der Waals surface area contributed by atoms with Crippen LogP contribution in [0, 0.1) is 5.41 Å². The topological polar surface area (TPSA) is 29.5 Å². The van der Waals surface area contributed by atoms with Gasteiger partial charge in [0.15, 0.2) is 0 Å². The lowest BCUT2D eigenvalue weighted by molar-refractivity contribution is -0.137. The van der Waals surface area contributed by atoms with E-state index in [0.717, 1.165) is 30.5 Å². The molecule has 0 aromatic heterocycles. The molecule has 19 heavy (non-hydrogen) atoms. The first-order valence-electron chi connectivity index (χ1n) is 6.30. The van der Waals surface area contributed by atoms with Crippen LogP contribution in [0.4, 0.5) is 13.2 Å². The lowest BCUT2D eigenvalue weighted by Crippen LogP contribution is -2.35. The Morgan fingerprint density at radius 3 is 2.16 bits per heavy atom. The summed E-state index contributed by atoms with van der Waals surface area (Å²) in [7, 11) is 0. The molecule has 0 unspecified atom stereocenters. The summed E-state index contributed by atoms with van der Waals surface area (Å²) in [6, 6.07) is 5.19. The standard InChI is InChI=1S/C14H17F3O2/c15-14(16,17)12-3-1-11(2-4-12)9-13(10-18)5-7-19-8-6-13/h1-4,18H,5-10H2. The first-order chi connectivity index (χ1) is 8.95. The zero-order chi connectivity index (χ0) is 13.9. The smallest absolute Gasteiger partial charge is 0.396 e. The molecule has 0 spiro atoms. The first kappa shape index (κ1) is 14.3. The molecule has 0 radical (unpaired) electrons. The number of halogens is 3. The van der Waals surface area contributed by atoms with Gasteiger partial charge in [-0.3, -0.25) is 0 Å². The van der Waals surface area contributed by atoms with E-state index in [2.05, 4.69) is 0 Å². The van der Waals surface area contributed by atoms with Crippen molar-refractivity contribution in [3.05, 3.63) is 35.4 Å². The number of rotatable bonds is 3. The van der Waals surface area contributed by atoms with Gasteiger partial charge in [-0.15, -0.1) is 0 Å². The largest absolute Gasteiger partial charge is 0.416 e. The van der Waals surface area contributed by atoms with Crippen molar-refractivity contribution >= 4 is 0 Å². The normalized spacial score (nSPS) is 19.4. The molecule has 0 amide bonds. The Labute approximate surface area is 110 Å². The number of aliphatic hydroxyl groups excluding tert-OH is 1. The molecule has 0 atom stereocenters. The van der Waals surface area contributed by atoms with Crippen LogP contribution in [0.25, 0.3) is 0 Å². The Kier molecular flexibility index (Phi) is 4.16. The van der Waals surface area contributed by atoms with Crippen LogP contribution < -0.4 is 0 Å². The van der Waals surface area contributed by atoms with E-state index in [-0.39, 0.29) is 12.0 Å². The second-order valence-corrected chi connectivity index (χ2v) is 5.14. The number of ether oxygens (including phenoxy) is 1. The lowest BCUT2D eigenvalue weighted by Gasteiger charge is -2.35. The second-order valence-electron chi connectivity index (χ2n) is 5.14. The summed E-state index contributed by atoms with van der Waals surface area (Å²) in [5.74, 6) is 0. The molecule has 1 heterocycles. The first-order valence-corrected chi connectivity index (χ1v) is 6.30. The van der Waals surface area contributed by atoms with Gasteiger partial charge >= 0.3 is 6.18 Å². The van der Waals surface area contributed by atoms with E-state index in [1.165, 1.54) is 12.1 Å². The Bertz CT molecular complexity index is 406. The van der Waals surface area contributed by atoms with Gasteiger partial charge in [0.05, 0.1) is 5.56 Å². The Morgan fingerprint density at radius 2 is 1.68 bits per heavy atom. The average Bonchev–Trinajstić information content (AvgIpc) is 2.39. The van der Waals surface area contributed by atoms with Crippen LogP contribution in [0.15, 0.2) is 24.3 Å². The summed E-state index contributed by atoms with van der Waals surface area (Å²) in [4.78, 5) is 0. The number of benzene rings is 1. The Hall–Kier alpha value is -1.07. The summed E-state index contributed by atoms with van der Waals surface area (Å²) in [5.41, 5.74) is -0.0666.